The van der Waals surface area contributed by atoms with Gasteiger partial charge in [-0.15, -0.1) is 0 Å². The number of nitro benzene ring substituents is 1. The van der Waals surface area contributed by atoms with Gasteiger partial charge in [-0.05, 0) is 37.3 Å². The number of rotatable bonds is 4. The lowest BCUT2D eigenvalue weighted by molar-refractivity contribution is -0.385. The third kappa shape index (κ3) is 3.57. The summed E-state index contributed by atoms with van der Waals surface area (Å²) in [5.41, 5.74) is 1.70. The Kier molecular flexibility index (Phi) is 4.93. The van der Waals surface area contributed by atoms with Crippen LogP contribution < -0.4 is 10.2 Å². The molecule has 1 N–H and O–H groups in total. The molecule has 7 heteroatoms. The summed E-state index contributed by atoms with van der Waals surface area (Å²) >= 11 is 0. The van der Waals surface area contributed by atoms with E-state index in [-0.39, 0.29) is 17.2 Å². The Bertz CT molecular complexity index is 800. The Hall–Kier alpha value is -3.22. The van der Waals surface area contributed by atoms with Crippen molar-refractivity contribution in [2.24, 2.45) is 0 Å². The van der Waals surface area contributed by atoms with Crippen LogP contribution in [0.4, 0.5) is 17.1 Å². The highest BCUT2D eigenvalue weighted by Gasteiger charge is 2.18. The van der Waals surface area contributed by atoms with Gasteiger partial charge in [0.05, 0.1) is 4.92 Å². The van der Waals surface area contributed by atoms with E-state index in [0.717, 1.165) is 0 Å². The smallest absolute Gasteiger partial charge is 0.273 e. The van der Waals surface area contributed by atoms with Gasteiger partial charge in [-0.25, -0.2) is 0 Å². The number of benzene rings is 2. The van der Waals surface area contributed by atoms with Crippen LogP contribution in [0.1, 0.15) is 22.8 Å². The molecule has 0 aromatic heterocycles. The first-order chi connectivity index (χ1) is 11.3. The van der Waals surface area contributed by atoms with E-state index in [1.165, 1.54) is 36.9 Å². The van der Waals surface area contributed by atoms with Crippen molar-refractivity contribution in [3.8, 4) is 0 Å². The molecular formula is C17H17N3O4. The minimum absolute atomic E-state index is 0.0962. The molecule has 0 saturated heterocycles. The second kappa shape index (κ2) is 6.91. The zero-order valence-electron chi connectivity index (χ0n) is 13.6. The van der Waals surface area contributed by atoms with Crippen molar-refractivity contribution < 1.29 is 14.5 Å². The summed E-state index contributed by atoms with van der Waals surface area (Å²) in [5, 5.41) is 13.6. The number of nitro groups is 1. The summed E-state index contributed by atoms with van der Waals surface area (Å²) < 4.78 is 0. The van der Waals surface area contributed by atoms with Gasteiger partial charge in [-0.3, -0.25) is 19.7 Å². The first-order valence-electron chi connectivity index (χ1n) is 7.21. The largest absolute Gasteiger partial charge is 0.322 e. The second-order valence-electron chi connectivity index (χ2n) is 5.29. The quantitative estimate of drug-likeness (QED) is 0.689. The molecule has 2 amide bonds. The number of hydrogen-bond acceptors (Lipinski definition) is 4. The number of nitrogens with zero attached hydrogens (tertiary/aromatic N) is 2. The minimum atomic E-state index is -0.515. The normalized spacial score (nSPS) is 10.1. The van der Waals surface area contributed by atoms with Gasteiger partial charge in [-0.2, -0.15) is 0 Å². The predicted octanol–water partition coefficient (Wildman–Crippen LogP) is 3.14. The third-order valence-corrected chi connectivity index (χ3v) is 3.73. The third-order valence-electron chi connectivity index (χ3n) is 3.73. The molecule has 0 heterocycles. The maximum Gasteiger partial charge on any atom is 0.273 e. The van der Waals surface area contributed by atoms with Gasteiger partial charge >= 0.3 is 0 Å². The number of carbonyl (C=O) groups excluding carboxylic acids is 2. The number of carbonyl (C=O) groups is 2. The van der Waals surface area contributed by atoms with Crippen LogP contribution in [0.3, 0.4) is 0 Å². The standard InChI is InChI=1S/C17H17N3O4/c1-11-15(5-4-6-16(11)20(23)24)17(22)18-13-7-9-14(10-8-13)19(3)12(2)21/h4-10H,1-3H3,(H,18,22). The molecule has 0 fully saturated rings. The van der Waals surface area contributed by atoms with Crippen LogP contribution in [-0.2, 0) is 4.79 Å². The van der Waals surface area contributed by atoms with Crippen molar-refractivity contribution >= 4 is 28.9 Å². The molecule has 0 unspecified atom stereocenters. The lowest BCUT2D eigenvalue weighted by atomic mass is 10.1. The van der Waals surface area contributed by atoms with Crippen molar-refractivity contribution in [3.05, 3.63) is 63.7 Å². The van der Waals surface area contributed by atoms with Gasteiger partial charge < -0.3 is 10.2 Å². The number of amides is 2. The summed E-state index contributed by atoms with van der Waals surface area (Å²) in [5.74, 6) is -0.525. The molecule has 2 aromatic rings. The summed E-state index contributed by atoms with van der Waals surface area (Å²) in [6.07, 6.45) is 0. The van der Waals surface area contributed by atoms with E-state index in [4.69, 9.17) is 0 Å². The van der Waals surface area contributed by atoms with Crippen LogP contribution in [-0.4, -0.2) is 23.8 Å². The molecule has 0 aliphatic carbocycles. The fraction of sp³-hybridized carbons (Fsp3) is 0.176. The summed E-state index contributed by atoms with van der Waals surface area (Å²) in [6.45, 7) is 3.00. The average Bonchev–Trinajstić information content (AvgIpc) is 2.54. The zero-order valence-corrected chi connectivity index (χ0v) is 13.6. The van der Waals surface area contributed by atoms with E-state index in [1.54, 1.807) is 31.3 Å². The fourth-order valence-electron chi connectivity index (χ4n) is 2.22. The van der Waals surface area contributed by atoms with Gasteiger partial charge in [0.1, 0.15) is 0 Å². The Labute approximate surface area is 139 Å². The van der Waals surface area contributed by atoms with E-state index in [9.17, 15) is 19.7 Å². The first-order valence-corrected chi connectivity index (χ1v) is 7.21. The van der Waals surface area contributed by atoms with Gasteiger partial charge in [0.2, 0.25) is 5.91 Å². The maximum atomic E-state index is 12.3. The predicted molar refractivity (Wildman–Crippen MR) is 91.3 cm³/mol. The van der Waals surface area contributed by atoms with E-state index in [0.29, 0.717) is 16.9 Å². The Morgan fingerprint density at radius 2 is 1.75 bits per heavy atom. The highest BCUT2D eigenvalue weighted by Crippen LogP contribution is 2.23. The summed E-state index contributed by atoms with van der Waals surface area (Å²) in [7, 11) is 1.66. The van der Waals surface area contributed by atoms with Crippen molar-refractivity contribution in [2.45, 2.75) is 13.8 Å². The molecule has 0 radical (unpaired) electrons. The molecule has 0 spiro atoms. The van der Waals surface area contributed by atoms with Crippen LogP contribution in [0.5, 0.6) is 0 Å². The molecule has 7 nitrogen and oxygen atoms in total. The highest BCUT2D eigenvalue weighted by molar-refractivity contribution is 6.06. The highest BCUT2D eigenvalue weighted by atomic mass is 16.6. The summed E-state index contributed by atoms with van der Waals surface area (Å²) in [6, 6.07) is 11.1. The Morgan fingerprint density at radius 3 is 2.29 bits per heavy atom. The van der Waals surface area contributed by atoms with E-state index >= 15 is 0 Å². The SMILES string of the molecule is CC(=O)N(C)c1ccc(NC(=O)c2cccc([N+](=O)[O-])c2C)cc1. The molecule has 124 valence electrons. The zero-order chi connectivity index (χ0) is 17.9. The molecule has 24 heavy (non-hydrogen) atoms. The van der Waals surface area contributed by atoms with Crippen molar-refractivity contribution in [1.29, 1.82) is 0 Å². The van der Waals surface area contributed by atoms with E-state index in [1.807, 2.05) is 0 Å². The van der Waals surface area contributed by atoms with Gasteiger partial charge in [0, 0.05) is 42.5 Å². The number of hydrogen-bond donors (Lipinski definition) is 1. The molecule has 0 aliphatic heterocycles. The van der Waals surface area contributed by atoms with Crippen LogP contribution >= 0.6 is 0 Å². The number of anilines is 2. The van der Waals surface area contributed by atoms with Crippen molar-refractivity contribution in [3.63, 3.8) is 0 Å². The Morgan fingerprint density at radius 1 is 1.12 bits per heavy atom. The van der Waals surface area contributed by atoms with E-state index in [2.05, 4.69) is 5.32 Å². The fourth-order valence-corrected chi connectivity index (χ4v) is 2.22. The van der Waals surface area contributed by atoms with Crippen LogP contribution in [0, 0.1) is 17.0 Å². The second-order valence-corrected chi connectivity index (χ2v) is 5.29. The lowest BCUT2D eigenvalue weighted by Gasteiger charge is -2.15. The molecule has 2 aromatic carbocycles. The topological polar surface area (TPSA) is 92.6 Å². The van der Waals surface area contributed by atoms with Gasteiger partial charge in [0.15, 0.2) is 0 Å². The Balaban J connectivity index is 2.20. The molecule has 0 aliphatic rings. The molecule has 0 atom stereocenters. The maximum absolute atomic E-state index is 12.3. The molecule has 0 saturated carbocycles. The average molecular weight is 327 g/mol. The van der Waals surface area contributed by atoms with E-state index < -0.39 is 10.8 Å². The van der Waals surface area contributed by atoms with Crippen LogP contribution in [0.2, 0.25) is 0 Å². The van der Waals surface area contributed by atoms with Crippen LogP contribution in [0.15, 0.2) is 42.5 Å². The lowest BCUT2D eigenvalue weighted by Crippen LogP contribution is -2.22. The van der Waals surface area contributed by atoms with Crippen molar-refractivity contribution in [1.82, 2.24) is 0 Å². The number of nitrogens with one attached hydrogen (secondary N) is 1. The summed E-state index contributed by atoms with van der Waals surface area (Å²) in [4.78, 5) is 35.6. The van der Waals surface area contributed by atoms with Crippen LogP contribution in [0.25, 0.3) is 0 Å². The molecule has 2 rings (SSSR count). The monoisotopic (exact) mass is 327 g/mol. The van der Waals surface area contributed by atoms with Gasteiger partial charge in [-0.1, -0.05) is 6.07 Å². The van der Waals surface area contributed by atoms with Gasteiger partial charge in [0.25, 0.3) is 11.6 Å². The molecule has 0 bridgehead atoms. The molecular weight excluding hydrogens is 310 g/mol. The van der Waals surface area contributed by atoms with Crippen molar-refractivity contribution in [2.75, 3.05) is 17.3 Å². The first kappa shape index (κ1) is 17.1. The minimum Gasteiger partial charge on any atom is -0.322 e.